The van der Waals surface area contributed by atoms with E-state index in [1.807, 2.05) is 24.1 Å². The summed E-state index contributed by atoms with van der Waals surface area (Å²) in [7, 11) is 1.92. The smallest absolute Gasteiger partial charge is 0.251 e. The Labute approximate surface area is 159 Å². The Morgan fingerprint density at radius 1 is 1.26 bits per heavy atom. The number of nitrogens with zero attached hydrogens (tertiary/aromatic N) is 1. The van der Waals surface area contributed by atoms with Crippen molar-refractivity contribution in [2.45, 2.75) is 13.0 Å². The van der Waals surface area contributed by atoms with Crippen LogP contribution >= 0.6 is 11.3 Å². The average molecular weight is 383 g/mol. The molecule has 0 spiro atoms. The highest BCUT2D eigenvalue weighted by atomic mass is 32.1. The Morgan fingerprint density at radius 3 is 2.96 bits per heavy atom. The third kappa shape index (κ3) is 3.64. The van der Waals surface area contributed by atoms with Crippen molar-refractivity contribution in [1.29, 1.82) is 0 Å². The number of hydrogen-bond donors (Lipinski definition) is 2. The van der Waals surface area contributed by atoms with Gasteiger partial charge in [0, 0.05) is 35.2 Å². The van der Waals surface area contributed by atoms with Crippen molar-refractivity contribution in [3.05, 3.63) is 58.7 Å². The van der Waals surface area contributed by atoms with Crippen LogP contribution in [0.15, 0.2) is 42.5 Å². The monoisotopic (exact) mass is 383 g/mol. The number of carbonyl (C=O) groups is 2. The third-order valence-electron chi connectivity index (χ3n) is 4.57. The summed E-state index contributed by atoms with van der Waals surface area (Å²) in [4.78, 5) is 27.3. The van der Waals surface area contributed by atoms with Crippen LogP contribution in [0.1, 0.15) is 21.7 Å². The van der Waals surface area contributed by atoms with Gasteiger partial charge in [-0.3, -0.25) is 9.59 Å². The maximum absolute atomic E-state index is 13.3. The van der Waals surface area contributed by atoms with Crippen LogP contribution in [0.5, 0.6) is 0 Å². The predicted octanol–water partition coefficient (Wildman–Crippen LogP) is 3.75. The Bertz CT molecular complexity index is 1050. The van der Waals surface area contributed by atoms with E-state index in [4.69, 9.17) is 0 Å². The van der Waals surface area contributed by atoms with Crippen molar-refractivity contribution in [3.8, 4) is 0 Å². The first kappa shape index (κ1) is 17.5. The number of hydrogen-bond acceptors (Lipinski definition) is 4. The molecule has 2 amide bonds. The van der Waals surface area contributed by atoms with Crippen molar-refractivity contribution in [3.63, 3.8) is 0 Å². The number of amides is 2. The van der Waals surface area contributed by atoms with Gasteiger partial charge in [0.05, 0.1) is 17.9 Å². The SMILES string of the molecule is CN1CCC(=O)Nc2cc(C(=O)NCc3cc4cc(F)ccc4s3)ccc21. The number of nitrogens with one attached hydrogen (secondary N) is 2. The minimum Gasteiger partial charge on any atom is -0.372 e. The normalized spacial score (nSPS) is 13.9. The van der Waals surface area contributed by atoms with Gasteiger partial charge < -0.3 is 15.5 Å². The molecule has 138 valence electrons. The number of halogens is 1. The molecule has 1 aromatic heterocycles. The fourth-order valence-corrected chi connectivity index (χ4v) is 4.12. The summed E-state index contributed by atoms with van der Waals surface area (Å²) in [6, 6.07) is 11.8. The highest BCUT2D eigenvalue weighted by Gasteiger charge is 2.18. The van der Waals surface area contributed by atoms with Crippen LogP contribution < -0.4 is 15.5 Å². The zero-order valence-corrected chi connectivity index (χ0v) is 15.5. The summed E-state index contributed by atoms with van der Waals surface area (Å²) >= 11 is 1.52. The molecule has 0 atom stereocenters. The van der Waals surface area contributed by atoms with Crippen LogP contribution in [0.25, 0.3) is 10.1 Å². The van der Waals surface area contributed by atoms with Gasteiger partial charge in [0.1, 0.15) is 5.82 Å². The lowest BCUT2D eigenvalue weighted by atomic mass is 10.1. The topological polar surface area (TPSA) is 61.4 Å². The van der Waals surface area contributed by atoms with Gasteiger partial charge in [-0.25, -0.2) is 4.39 Å². The van der Waals surface area contributed by atoms with Crippen LogP contribution in [0.4, 0.5) is 15.8 Å². The molecule has 0 fully saturated rings. The maximum Gasteiger partial charge on any atom is 0.251 e. The van der Waals surface area contributed by atoms with E-state index < -0.39 is 0 Å². The lowest BCUT2D eigenvalue weighted by Gasteiger charge is -2.18. The van der Waals surface area contributed by atoms with E-state index in [2.05, 4.69) is 10.6 Å². The Hall–Kier alpha value is -2.93. The van der Waals surface area contributed by atoms with E-state index in [1.165, 1.54) is 23.5 Å². The summed E-state index contributed by atoms with van der Waals surface area (Å²) in [5.41, 5.74) is 2.02. The molecule has 0 radical (unpaired) electrons. The molecule has 1 aliphatic heterocycles. The summed E-state index contributed by atoms with van der Waals surface area (Å²) in [6.07, 6.45) is 0.416. The Morgan fingerprint density at radius 2 is 2.11 bits per heavy atom. The highest BCUT2D eigenvalue weighted by Crippen LogP contribution is 2.29. The Kier molecular flexibility index (Phi) is 4.53. The van der Waals surface area contributed by atoms with Crippen LogP contribution in [0.3, 0.4) is 0 Å². The van der Waals surface area contributed by atoms with Gasteiger partial charge >= 0.3 is 0 Å². The molecule has 3 aromatic rings. The standard InChI is InChI=1S/C20H18FN3O2S/c1-24-7-6-19(25)23-16-10-12(2-4-17(16)24)20(26)22-11-15-9-13-8-14(21)3-5-18(13)27-15/h2-5,8-10H,6-7,11H2,1H3,(H,22,26)(H,23,25). The van der Waals surface area contributed by atoms with Gasteiger partial charge in [0.15, 0.2) is 0 Å². The second-order valence-electron chi connectivity index (χ2n) is 6.53. The Balaban J connectivity index is 1.50. The van der Waals surface area contributed by atoms with Crippen LogP contribution in [0.2, 0.25) is 0 Å². The first-order valence-electron chi connectivity index (χ1n) is 8.61. The van der Waals surface area contributed by atoms with Crippen LogP contribution in [-0.4, -0.2) is 25.4 Å². The van der Waals surface area contributed by atoms with E-state index in [0.717, 1.165) is 20.7 Å². The van der Waals surface area contributed by atoms with Gasteiger partial charge in [0.2, 0.25) is 5.91 Å². The van der Waals surface area contributed by atoms with Crippen molar-refractivity contribution in [2.24, 2.45) is 0 Å². The maximum atomic E-state index is 13.3. The van der Waals surface area contributed by atoms with Crippen LogP contribution in [0, 0.1) is 5.82 Å². The first-order chi connectivity index (χ1) is 13.0. The van der Waals surface area contributed by atoms with Gasteiger partial charge in [0.25, 0.3) is 5.91 Å². The molecule has 4 rings (SSSR count). The van der Waals surface area contributed by atoms with E-state index in [-0.39, 0.29) is 17.6 Å². The highest BCUT2D eigenvalue weighted by molar-refractivity contribution is 7.19. The molecule has 0 unspecified atom stereocenters. The molecule has 2 N–H and O–H groups in total. The summed E-state index contributed by atoms with van der Waals surface area (Å²) in [5.74, 6) is -0.550. The second kappa shape index (κ2) is 7.00. The summed E-state index contributed by atoms with van der Waals surface area (Å²) in [6.45, 7) is 1.00. The van der Waals surface area contributed by atoms with Gasteiger partial charge in [-0.2, -0.15) is 0 Å². The van der Waals surface area contributed by atoms with Crippen molar-refractivity contribution in [2.75, 3.05) is 23.8 Å². The number of rotatable bonds is 3. The van der Waals surface area contributed by atoms with Crippen molar-refractivity contribution < 1.29 is 14.0 Å². The average Bonchev–Trinajstić information content (AvgIpc) is 2.99. The largest absolute Gasteiger partial charge is 0.372 e. The molecule has 0 aliphatic carbocycles. The zero-order valence-electron chi connectivity index (χ0n) is 14.7. The molecule has 2 aromatic carbocycles. The number of fused-ring (bicyclic) bond motifs is 2. The predicted molar refractivity (Wildman–Crippen MR) is 106 cm³/mol. The molecule has 2 heterocycles. The van der Waals surface area contributed by atoms with Crippen molar-refractivity contribution >= 4 is 44.6 Å². The lowest BCUT2D eigenvalue weighted by Crippen LogP contribution is -2.23. The fraction of sp³-hybridized carbons (Fsp3) is 0.200. The molecule has 0 saturated heterocycles. The second-order valence-corrected chi connectivity index (χ2v) is 7.70. The van der Waals surface area contributed by atoms with E-state index in [0.29, 0.717) is 30.8 Å². The summed E-state index contributed by atoms with van der Waals surface area (Å²) in [5, 5.41) is 6.57. The molecular formula is C20H18FN3O2S. The fourth-order valence-electron chi connectivity index (χ4n) is 3.14. The molecule has 7 heteroatoms. The summed E-state index contributed by atoms with van der Waals surface area (Å²) < 4.78 is 14.3. The molecule has 1 aliphatic rings. The van der Waals surface area contributed by atoms with Gasteiger partial charge in [-0.1, -0.05) is 0 Å². The number of anilines is 2. The van der Waals surface area contributed by atoms with Gasteiger partial charge in [-0.15, -0.1) is 11.3 Å². The number of carbonyl (C=O) groups excluding carboxylic acids is 2. The molecule has 5 nitrogen and oxygen atoms in total. The minimum absolute atomic E-state index is 0.0596. The molecular weight excluding hydrogens is 365 g/mol. The molecule has 27 heavy (non-hydrogen) atoms. The zero-order chi connectivity index (χ0) is 19.0. The lowest BCUT2D eigenvalue weighted by molar-refractivity contribution is -0.115. The molecule has 0 bridgehead atoms. The first-order valence-corrected chi connectivity index (χ1v) is 9.42. The van der Waals surface area contributed by atoms with E-state index in [9.17, 15) is 14.0 Å². The van der Waals surface area contributed by atoms with E-state index >= 15 is 0 Å². The van der Waals surface area contributed by atoms with Crippen molar-refractivity contribution in [1.82, 2.24) is 5.32 Å². The van der Waals surface area contributed by atoms with Gasteiger partial charge in [-0.05, 0) is 47.9 Å². The third-order valence-corrected chi connectivity index (χ3v) is 5.69. The van der Waals surface area contributed by atoms with Crippen LogP contribution in [-0.2, 0) is 11.3 Å². The number of benzene rings is 2. The van der Waals surface area contributed by atoms with E-state index in [1.54, 1.807) is 18.2 Å². The quantitative estimate of drug-likeness (QED) is 0.724. The number of thiophene rings is 1. The molecule has 0 saturated carbocycles. The minimum atomic E-state index is -0.270.